The molecular weight excluding hydrogens is 258 g/mol. The first-order chi connectivity index (χ1) is 8.06. The maximum Gasteiger partial charge on any atom is 0.412 e. The highest BCUT2D eigenvalue weighted by atomic mass is 17.2. The first-order valence-corrected chi connectivity index (χ1v) is 4.57. The molecule has 0 aliphatic heterocycles. The van der Waals surface area contributed by atoms with Gasteiger partial charge in [-0.3, -0.25) is 0 Å². The summed E-state index contributed by atoms with van der Waals surface area (Å²) in [5.41, 5.74) is -1.54. The number of hydrogen-bond donors (Lipinski definition) is 0. The molecule has 18 heavy (non-hydrogen) atoms. The Morgan fingerprint density at radius 2 is 1.17 bits per heavy atom. The molecule has 0 unspecified atom stereocenters. The Balaban J connectivity index is 5.58. The van der Waals surface area contributed by atoms with E-state index in [0.717, 1.165) is 0 Å². The van der Waals surface area contributed by atoms with E-state index >= 15 is 0 Å². The van der Waals surface area contributed by atoms with Crippen molar-refractivity contribution < 1.29 is 29.8 Å². The van der Waals surface area contributed by atoms with E-state index in [4.69, 9.17) is 0 Å². The summed E-state index contributed by atoms with van der Waals surface area (Å²) in [6.45, 7) is 3.89. The third-order valence-electron chi connectivity index (χ3n) is 2.30. The topological polar surface area (TPSA) is 157 Å². The van der Waals surface area contributed by atoms with Gasteiger partial charge in [-0.25, -0.2) is 14.5 Å². The van der Waals surface area contributed by atoms with Crippen LogP contribution in [0.15, 0.2) is 0 Å². The lowest BCUT2D eigenvalue weighted by Gasteiger charge is -2.38. The summed E-state index contributed by atoms with van der Waals surface area (Å²) in [6.07, 6.45) is 0.00250. The smallest absolute Gasteiger partial charge is 0.250 e. The Labute approximate surface area is 99.7 Å². The van der Waals surface area contributed by atoms with Gasteiger partial charge in [0, 0.05) is 5.41 Å². The first kappa shape index (κ1) is 15.6. The highest BCUT2D eigenvalue weighted by molar-refractivity contribution is 4.76. The third kappa shape index (κ3) is 3.57. The largest absolute Gasteiger partial charge is 0.412 e. The van der Waals surface area contributed by atoms with Crippen LogP contribution in [0.3, 0.4) is 0 Å². The third-order valence-corrected chi connectivity index (χ3v) is 2.30. The van der Waals surface area contributed by atoms with E-state index < -0.39 is 26.6 Å². The molecule has 0 saturated carbocycles. The molecule has 0 heterocycles. The van der Waals surface area contributed by atoms with E-state index in [1.54, 1.807) is 0 Å². The monoisotopic (exact) mass is 269 g/mol. The van der Waals surface area contributed by atoms with Crippen molar-refractivity contribution >= 4 is 0 Å². The van der Waals surface area contributed by atoms with Gasteiger partial charge in [-0.05, 0) is 6.42 Å². The van der Waals surface area contributed by atoms with Gasteiger partial charge in [0.2, 0.25) is 0 Å². The van der Waals surface area contributed by atoms with Gasteiger partial charge >= 0.3 is 5.97 Å². The highest BCUT2D eigenvalue weighted by Gasteiger charge is 2.56. The molecule has 0 rings (SSSR count). The number of nitrogens with zero attached hydrogens (tertiary/aromatic N) is 3. The van der Waals surface area contributed by atoms with Crippen molar-refractivity contribution in [3.05, 3.63) is 30.3 Å². The molecule has 0 fully saturated rings. The van der Waals surface area contributed by atoms with Gasteiger partial charge in [0.25, 0.3) is 15.3 Å². The highest BCUT2D eigenvalue weighted by Crippen LogP contribution is 2.39. The van der Waals surface area contributed by atoms with Gasteiger partial charge in [-0.2, -0.15) is 0 Å². The molecule has 0 radical (unpaired) electrons. The van der Waals surface area contributed by atoms with E-state index in [1.807, 2.05) is 0 Å². The fourth-order valence-corrected chi connectivity index (χ4v) is 0.932. The van der Waals surface area contributed by atoms with Crippen molar-refractivity contribution in [2.75, 3.05) is 0 Å². The second kappa shape index (κ2) is 5.29. The van der Waals surface area contributed by atoms with E-state index in [-0.39, 0.29) is 6.42 Å². The zero-order valence-electron chi connectivity index (χ0n) is 9.72. The molecule has 0 aromatic rings. The number of hydrogen-bond acceptors (Lipinski definition) is 9. The summed E-state index contributed by atoms with van der Waals surface area (Å²) in [5.74, 6) is -3.09. The lowest BCUT2D eigenvalue weighted by molar-refractivity contribution is -0.963. The molecule has 0 aromatic heterocycles. The van der Waals surface area contributed by atoms with Crippen LogP contribution in [0, 0.1) is 35.8 Å². The first-order valence-electron chi connectivity index (χ1n) is 4.57. The van der Waals surface area contributed by atoms with Crippen LogP contribution in [0.4, 0.5) is 0 Å². The quantitative estimate of drug-likeness (QED) is 0.351. The van der Waals surface area contributed by atoms with Crippen molar-refractivity contribution in [3.8, 4) is 0 Å². The van der Waals surface area contributed by atoms with Crippen molar-refractivity contribution in [1.29, 1.82) is 0 Å². The van der Waals surface area contributed by atoms with E-state index in [1.165, 1.54) is 20.8 Å². The lowest BCUT2D eigenvalue weighted by Crippen LogP contribution is -2.54. The van der Waals surface area contributed by atoms with Crippen molar-refractivity contribution in [2.24, 2.45) is 5.41 Å². The van der Waals surface area contributed by atoms with Gasteiger partial charge in [0.1, 0.15) is 0 Å². The normalized spacial score (nSPS) is 11.5. The van der Waals surface area contributed by atoms with E-state index in [9.17, 15) is 30.3 Å². The minimum absolute atomic E-state index is 0.00250. The van der Waals surface area contributed by atoms with Gasteiger partial charge in [-0.1, -0.05) is 20.8 Å². The molecule has 0 bridgehead atoms. The lowest BCUT2D eigenvalue weighted by atomic mass is 9.87. The Kier molecular flexibility index (Phi) is 4.58. The molecule has 12 nitrogen and oxygen atoms in total. The second-order valence-electron chi connectivity index (χ2n) is 3.74. The molecule has 0 aliphatic carbocycles. The Morgan fingerprint density at radius 3 is 1.33 bits per heavy atom. The Hall–Kier alpha value is -2.40. The second-order valence-corrected chi connectivity index (χ2v) is 3.74. The van der Waals surface area contributed by atoms with Crippen LogP contribution in [0.1, 0.15) is 27.2 Å². The van der Waals surface area contributed by atoms with Crippen molar-refractivity contribution in [2.45, 2.75) is 33.2 Å². The number of rotatable bonds is 8. The average molecular weight is 269 g/mol. The molecule has 0 spiro atoms. The summed E-state index contributed by atoms with van der Waals surface area (Å²) in [4.78, 5) is 42.7. The van der Waals surface area contributed by atoms with Gasteiger partial charge < -0.3 is 0 Å². The molecule has 104 valence electrons. The van der Waals surface area contributed by atoms with Gasteiger partial charge in [-0.15, -0.1) is 30.3 Å². The molecule has 0 atom stereocenters. The van der Waals surface area contributed by atoms with Gasteiger partial charge in [0.15, 0.2) is 0 Å². The Morgan fingerprint density at radius 1 is 0.889 bits per heavy atom. The fourth-order valence-electron chi connectivity index (χ4n) is 0.932. The summed E-state index contributed by atoms with van der Waals surface area (Å²) < 4.78 is 0. The van der Waals surface area contributed by atoms with E-state index in [0.29, 0.717) is 0 Å². The molecule has 0 saturated heterocycles. The van der Waals surface area contributed by atoms with Crippen molar-refractivity contribution in [3.63, 3.8) is 0 Å². The maximum absolute atomic E-state index is 10.3. The molecule has 0 N–H and O–H groups in total. The van der Waals surface area contributed by atoms with Crippen LogP contribution in [-0.2, 0) is 14.5 Å². The summed E-state index contributed by atoms with van der Waals surface area (Å²) in [5, 5.41) is 26.6. The minimum Gasteiger partial charge on any atom is -0.250 e. The predicted molar refractivity (Wildman–Crippen MR) is 51.0 cm³/mol. The van der Waals surface area contributed by atoms with Crippen LogP contribution < -0.4 is 0 Å². The average Bonchev–Trinajstić information content (AvgIpc) is 2.13. The summed E-state index contributed by atoms with van der Waals surface area (Å²) in [6, 6.07) is 0. The molecule has 0 amide bonds. The maximum atomic E-state index is 10.3. The summed E-state index contributed by atoms with van der Waals surface area (Å²) >= 11 is 0. The van der Waals surface area contributed by atoms with Crippen LogP contribution in [0.25, 0.3) is 0 Å². The van der Waals surface area contributed by atoms with Gasteiger partial charge in [0.05, 0.1) is 0 Å². The zero-order chi connectivity index (χ0) is 14.6. The van der Waals surface area contributed by atoms with Crippen LogP contribution in [0.2, 0.25) is 0 Å². The standard InChI is InChI=1S/C6H11N3O9/c1-4-5(2,3)6(16-7(10)11,17-8(12)13)18-9(14)15/h4H2,1-3H3. The SMILES string of the molecule is CCC(C)(C)C(O[N+](=O)[O-])(O[N+](=O)[O-])O[N+](=O)[O-]. The van der Waals surface area contributed by atoms with Crippen molar-refractivity contribution in [1.82, 2.24) is 0 Å². The molecule has 0 aliphatic rings. The molecule has 0 aromatic carbocycles. The van der Waals surface area contributed by atoms with Crippen LogP contribution in [-0.4, -0.2) is 21.2 Å². The van der Waals surface area contributed by atoms with E-state index in [2.05, 4.69) is 14.5 Å². The summed E-state index contributed by atoms with van der Waals surface area (Å²) in [7, 11) is 0. The molecular formula is C6H11N3O9. The fraction of sp³-hybridized carbons (Fsp3) is 1.00. The van der Waals surface area contributed by atoms with Crippen LogP contribution in [0.5, 0.6) is 0 Å². The van der Waals surface area contributed by atoms with Crippen LogP contribution >= 0.6 is 0 Å². The molecule has 12 heteroatoms. The minimum atomic E-state index is -3.09. The zero-order valence-corrected chi connectivity index (χ0v) is 9.72. The Bertz CT molecular complexity index is 313. The predicted octanol–water partition coefficient (Wildman–Crippen LogP) is 0.701.